The summed E-state index contributed by atoms with van der Waals surface area (Å²) in [4.78, 5) is 20.0. The second kappa shape index (κ2) is 9.47. The molecule has 1 saturated heterocycles. The van der Waals surface area contributed by atoms with Crippen LogP contribution in [0.2, 0.25) is 0 Å². The maximum Gasteiger partial charge on any atom is 0.419 e. The van der Waals surface area contributed by atoms with Crippen LogP contribution in [0.4, 0.5) is 4.79 Å². The molecule has 4 rings (SSSR count). The van der Waals surface area contributed by atoms with Gasteiger partial charge in [0.2, 0.25) is 5.88 Å². The van der Waals surface area contributed by atoms with Gasteiger partial charge in [-0.1, -0.05) is 0 Å². The molecular formula is C25H33N3O5. The number of rotatable bonds is 7. The van der Waals surface area contributed by atoms with Gasteiger partial charge in [0.25, 0.3) is 0 Å². The van der Waals surface area contributed by atoms with Crippen molar-refractivity contribution >= 4 is 27.9 Å². The lowest BCUT2D eigenvalue weighted by atomic mass is 10.1. The number of carbonyl (C=O) groups is 1. The average molecular weight is 456 g/mol. The fraction of sp³-hybridized carbons (Fsp3) is 0.520. The van der Waals surface area contributed by atoms with Crippen LogP contribution in [0.3, 0.4) is 0 Å². The zero-order valence-corrected chi connectivity index (χ0v) is 20.1. The van der Waals surface area contributed by atoms with Crippen molar-refractivity contribution in [3.63, 3.8) is 0 Å². The molecule has 0 N–H and O–H groups in total. The molecule has 1 aromatic carbocycles. The molecule has 0 amide bonds. The molecule has 1 fully saturated rings. The minimum atomic E-state index is -0.640. The number of carbonyl (C=O) groups excluding carboxylic acids is 1. The molecule has 3 aromatic rings. The van der Waals surface area contributed by atoms with Crippen molar-refractivity contribution in [1.29, 1.82) is 0 Å². The van der Waals surface area contributed by atoms with Gasteiger partial charge < -0.3 is 23.8 Å². The topological polar surface area (TPSA) is 75.0 Å². The van der Waals surface area contributed by atoms with Gasteiger partial charge in [-0.25, -0.2) is 14.3 Å². The number of methoxy groups -OCH3 is 2. The van der Waals surface area contributed by atoms with Crippen molar-refractivity contribution in [3.05, 3.63) is 24.4 Å². The van der Waals surface area contributed by atoms with Crippen molar-refractivity contribution in [2.24, 2.45) is 0 Å². The van der Waals surface area contributed by atoms with Crippen LogP contribution in [0.5, 0.6) is 17.4 Å². The fourth-order valence-electron chi connectivity index (χ4n) is 4.34. The molecule has 0 unspecified atom stereocenters. The Kier molecular flexibility index (Phi) is 6.65. The summed E-state index contributed by atoms with van der Waals surface area (Å²) in [7, 11) is 3.17. The van der Waals surface area contributed by atoms with E-state index in [1.165, 1.54) is 25.9 Å². The summed E-state index contributed by atoms with van der Waals surface area (Å²) in [6.07, 6.45) is 4.63. The Hall–Kier alpha value is -3.00. The minimum Gasteiger partial charge on any atom is -0.493 e. The van der Waals surface area contributed by atoms with Crippen LogP contribution in [0.25, 0.3) is 21.8 Å². The summed E-state index contributed by atoms with van der Waals surface area (Å²) < 4.78 is 24.5. The quantitative estimate of drug-likeness (QED) is 0.471. The molecule has 0 bridgehead atoms. The number of fused-ring (bicyclic) bond motifs is 3. The number of ether oxygens (including phenoxy) is 4. The number of hydrogen-bond donors (Lipinski definition) is 0. The Bertz CT molecular complexity index is 1140. The summed E-state index contributed by atoms with van der Waals surface area (Å²) in [5.41, 5.74) is 0.665. The van der Waals surface area contributed by atoms with Gasteiger partial charge in [0.15, 0.2) is 11.5 Å². The Labute approximate surface area is 194 Å². The third-order valence-corrected chi connectivity index (χ3v) is 5.77. The van der Waals surface area contributed by atoms with E-state index < -0.39 is 11.7 Å². The number of pyridine rings is 1. The van der Waals surface area contributed by atoms with Gasteiger partial charge in [-0.15, -0.1) is 0 Å². The van der Waals surface area contributed by atoms with Crippen LogP contribution in [-0.4, -0.2) is 66.6 Å². The summed E-state index contributed by atoms with van der Waals surface area (Å²) in [5, 5.41) is 1.50. The van der Waals surface area contributed by atoms with Crippen molar-refractivity contribution in [2.75, 3.05) is 40.5 Å². The highest BCUT2D eigenvalue weighted by atomic mass is 16.6. The molecule has 1 aliphatic heterocycles. The highest BCUT2D eigenvalue weighted by Crippen LogP contribution is 2.40. The van der Waals surface area contributed by atoms with E-state index in [1.807, 2.05) is 32.9 Å². The highest BCUT2D eigenvalue weighted by Gasteiger charge is 2.25. The highest BCUT2D eigenvalue weighted by molar-refractivity contribution is 6.15. The van der Waals surface area contributed by atoms with E-state index in [4.69, 9.17) is 18.9 Å². The Morgan fingerprint density at radius 1 is 1.06 bits per heavy atom. The van der Waals surface area contributed by atoms with Gasteiger partial charge in [0, 0.05) is 24.2 Å². The van der Waals surface area contributed by atoms with E-state index in [0.717, 1.165) is 23.7 Å². The average Bonchev–Trinajstić information content (AvgIpc) is 3.40. The largest absolute Gasteiger partial charge is 0.493 e. The third-order valence-electron chi connectivity index (χ3n) is 5.77. The summed E-state index contributed by atoms with van der Waals surface area (Å²) in [6, 6.07) is 5.50. The summed E-state index contributed by atoms with van der Waals surface area (Å²) in [5.74, 6) is 1.62. The van der Waals surface area contributed by atoms with Crippen LogP contribution >= 0.6 is 0 Å². The van der Waals surface area contributed by atoms with Crippen LogP contribution < -0.4 is 14.2 Å². The maximum atomic E-state index is 13.2. The second-order valence-corrected chi connectivity index (χ2v) is 9.30. The molecule has 0 saturated carbocycles. The summed E-state index contributed by atoms with van der Waals surface area (Å²) >= 11 is 0. The standard InChI is InChI=1S/C25H33N3O5/c1-25(2,3)33-24(29)28-18-9-10-26-23(31-5)22(18)17-15-20(30-4)21(16-19(17)28)32-14-8-13-27-11-6-7-12-27/h9-10,15-16H,6-8,11-14H2,1-5H3. The lowest BCUT2D eigenvalue weighted by Gasteiger charge is -2.20. The van der Waals surface area contributed by atoms with E-state index in [2.05, 4.69) is 9.88 Å². The van der Waals surface area contributed by atoms with Crippen LogP contribution in [0.15, 0.2) is 24.4 Å². The van der Waals surface area contributed by atoms with E-state index in [9.17, 15) is 4.79 Å². The molecule has 2 aromatic heterocycles. The maximum absolute atomic E-state index is 13.2. The van der Waals surface area contributed by atoms with Gasteiger partial charge in [-0.05, 0) is 65.3 Å². The molecule has 8 nitrogen and oxygen atoms in total. The van der Waals surface area contributed by atoms with Crippen molar-refractivity contribution in [2.45, 2.75) is 45.6 Å². The van der Waals surface area contributed by atoms with Crippen molar-refractivity contribution < 1.29 is 23.7 Å². The lowest BCUT2D eigenvalue weighted by molar-refractivity contribution is 0.0551. The molecule has 178 valence electrons. The first-order valence-electron chi connectivity index (χ1n) is 11.5. The molecule has 1 aliphatic rings. The van der Waals surface area contributed by atoms with Crippen LogP contribution in [0.1, 0.15) is 40.0 Å². The van der Waals surface area contributed by atoms with Crippen LogP contribution in [-0.2, 0) is 4.74 Å². The molecule has 3 heterocycles. The minimum absolute atomic E-state index is 0.432. The zero-order chi connectivity index (χ0) is 23.6. The van der Waals surface area contributed by atoms with Gasteiger partial charge in [0.05, 0.1) is 37.2 Å². The Morgan fingerprint density at radius 3 is 2.48 bits per heavy atom. The van der Waals surface area contributed by atoms with Crippen molar-refractivity contribution in [1.82, 2.24) is 14.5 Å². The molecule has 0 atom stereocenters. The van der Waals surface area contributed by atoms with E-state index in [1.54, 1.807) is 31.0 Å². The Balaban J connectivity index is 1.75. The number of aromatic nitrogens is 2. The predicted octanol–water partition coefficient (Wildman–Crippen LogP) is 4.85. The SMILES string of the molecule is COc1cc2c3c(OC)nccc3n(C(=O)OC(C)(C)C)c2cc1OCCCN1CCCC1. The van der Waals surface area contributed by atoms with Crippen LogP contribution in [0, 0.1) is 0 Å². The third kappa shape index (κ3) is 4.85. The molecular weight excluding hydrogens is 422 g/mol. The first-order valence-corrected chi connectivity index (χ1v) is 11.5. The summed E-state index contributed by atoms with van der Waals surface area (Å²) in [6.45, 7) is 9.46. The lowest BCUT2D eigenvalue weighted by Crippen LogP contribution is -2.27. The number of likely N-dealkylation sites (tertiary alicyclic amines) is 1. The molecule has 0 spiro atoms. The normalized spacial score (nSPS) is 14.7. The molecule has 0 aliphatic carbocycles. The number of nitrogens with zero attached hydrogens (tertiary/aromatic N) is 3. The number of benzene rings is 1. The van der Waals surface area contributed by atoms with E-state index in [-0.39, 0.29) is 0 Å². The monoisotopic (exact) mass is 455 g/mol. The zero-order valence-electron chi connectivity index (χ0n) is 20.1. The molecule has 33 heavy (non-hydrogen) atoms. The van der Waals surface area contributed by atoms with E-state index in [0.29, 0.717) is 35.0 Å². The van der Waals surface area contributed by atoms with Crippen molar-refractivity contribution in [3.8, 4) is 17.4 Å². The van der Waals surface area contributed by atoms with Gasteiger partial charge in [-0.2, -0.15) is 0 Å². The van der Waals surface area contributed by atoms with E-state index >= 15 is 0 Å². The molecule has 0 radical (unpaired) electrons. The first-order chi connectivity index (χ1) is 15.8. The number of hydrogen-bond acceptors (Lipinski definition) is 7. The fourth-order valence-corrected chi connectivity index (χ4v) is 4.34. The Morgan fingerprint density at radius 2 is 1.82 bits per heavy atom. The first kappa shape index (κ1) is 23.2. The van der Waals surface area contributed by atoms with Gasteiger partial charge >= 0.3 is 6.09 Å². The second-order valence-electron chi connectivity index (χ2n) is 9.30. The molecule has 8 heteroatoms. The predicted molar refractivity (Wildman–Crippen MR) is 128 cm³/mol. The van der Waals surface area contributed by atoms with Gasteiger partial charge in [0.1, 0.15) is 5.60 Å². The van der Waals surface area contributed by atoms with Gasteiger partial charge in [-0.3, -0.25) is 0 Å². The smallest absolute Gasteiger partial charge is 0.419 e.